The zero-order chi connectivity index (χ0) is 12.1. The molecule has 2 rings (SSSR count). The average molecular weight is 252 g/mol. The van der Waals surface area contributed by atoms with E-state index in [1.807, 2.05) is 11.8 Å². The van der Waals surface area contributed by atoms with Crippen LogP contribution in [0.3, 0.4) is 0 Å². The first-order chi connectivity index (χ1) is 8.35. The van der Waals surface area contributed by atoms with Crippen LogP contribution < -0.4 is 11.3 Å². The monoisotopic (exact) mass is 252 g/mol. The zero-order valence-corrected chi connectivity index (χ0v) is 11.1. The Morgan fingerprint density at radius 2 is 2.06 bits per heavy atom. The SMILES string of the molecule is CCSCc1nc2c(c(NN)n1)CCCCC2. The van der Waals surface area contributed by atoms with E-state index in [0.29, 0.717) is 0 Å². The van der Waals surface area contributed by atoms with Gasteiger partial charge in [0.05, 0.1) is 5.75 Å². The second kappa shape index (κ2) is 6.21. The lowest BCUT2D eigenvalue weighted by Crippen LogP contribution is -2.15. The van der Waals surface area contributed by atoms with Crippen LogP contribution in [0.4, 0.5) is 5.82 Å². The van der Waals surface area contributed by atoms with Gasteiger partial charge in [-0.15, -0.1) is 0 Å². The van der Waals surface area contributed by atoms with E-state index in [-0.39, 0.29) is 0 Å². The number of nitrogen functional groups attached to an aromatic ring is 1. The lowest BCUT2D eigenvalue weighted by atomic mass is 10.1. The number of aromatic nitrogens is 2. The summed E-state index contributed by atoms with van der Waals surface area (Å²) in [7, 11) is 0. The molecule has 17 heavy (non-hydrogen) atoms. The van der Waals surface area contributed by atoms with Crippen LogP contribution in [0.2, 0.25) is 0 Å². The van der Waals surface area contributed by atoms with Gasteiger partial charge in [0.25, 0.3) is 0 Å². The maximum Gasteiger partial charge on any atom is 0.147 e. The number of anilines is 1. The van der Waals surface area contributed by atoms with Gasteiger partial charge in [0.15, 0.2) is 0 Å². The van der Waals surface area contributed by atoms with Crippen molar-refractivity contribution >= 4 is 17.6 Å². The van der Waals surface area contributed by atoms with Crippen molar-refractivity contribution in [1.82, 2.24) is 9.97 Å². The molecule has 0 aromatic carbocycles. The minimum absolute atomic E-state index is 0.837. The van der Waals surface area contributed by atoms with Crippen molar-refractivity contribution < 1.29 is 0 Å². The molecule has 1 aliphatic carbocycles. The molecule has 5 heteroatoms. The largest absolute Gasteiger partial charge is 0.308 e. The number of nitrogens with one attached hydrogen (secondary N) is 1. The van der Waals surface area contributed by atoms with E-state index in [1.165, 1.54) is 30.5 Å². The van der Waals surface area contributed by atoms with Gasteiger partial charge in [-0.25, -0.2) is 15.8 Å². The first-order valence-electron chi connectivity index (χ1n) is 6.28. The molecule has 4 nitrogen and oxygen atoms in total. The van der Waals surface area contributed by atoms with E-state index in [9.17, 15) is 0 Å². The summed E-state index contributed by atoms with van der Waals surface area (Å²) in [6, 6.07) is 0. The summed E-state index contributed by atoms with van der Waals surface area (Å²) < 4.78 is 0. The number of hydrogen-bond acceptors (Lipinski definition) is 5. The van der Waals surface area contributed by atoms with Crippen molar-refractivity contribution in [2.45, 2.75) is 44.8 Å². The van der Waals surface area contributed by atoms with Gasteiger partial charge < -0.3 is 5.43 Å². The van der Waals surface area contributed by atoms with Gasteiger partial charge in [-0.3, -0.25) is 0 Å². The first kappa shape index (κ1) is 12.6. The number of fused-ring (bicyclic) bond motifs is 1. The molecule has 0 amide bonds. The Morgan fingerprint density at radius 3 is 2.82 bits per heavy atom. The van der Waals surface area contributed by atoms with Gasteiger partial charge in [-0.2, -0.15) is 11.8 Å². The Hall–Kier alpha value is -0.810. The van der Waals surface area contributed by atoms with Crippen LogP contribution in [-0.2, 0) is 18.6 Å². The van der Waals surface area contributed by atoms with Crippen molar-refractivity contribution in [1.29, 1.82) is 0 Å². The Morgan fingerprint density at radius 1 is 1.24 bits per heavy atom. The van der Waals surface area contributed by atoms with Crippen LogP contribution in [0.25, 0.3) is 0 Å². The summed E-state index contributed by atoms with van der Waals surface area (Å²) in [6.07, 6.45) is 5.84. The third-order valence-electron chi connectivity index (χ3n) is 3.05. The maximum absolute atomic E-state index is 5.58. The van der Waals surface area contributed by atoms with Crippen molar-refractivity contribution in [2.75, 3.05) is 11.2 Å². The lowest BCUT2D eigenvalue weighted by Gasteiger charge is -2.12. The fraction of sp³-hybridized carbons (Fsp3) is 0.667. The molecule has 0 fully saturated rings. The Kier molecular flexibility index (Phi) is 4.62. The predicted octanol–water partition coefficient (Wildman–Crippen LogP) is 2.28. The summed E-state index contributed by atoms with van der Waals surface area (Å²) in [5.41, 5.74) is 5.18. The van der Waals surface area contributed by atoms with Gasteiger partial charge in [0.1, 0.15) is 11.6 Å². The third kappa shape index (κ3) is 3.10. The Bertz CT molecular complexity index is 381. The third-order valence-corrected chi connectivity index (χ3v) is 3.92. The van der Waals surface area contributed by atoms with Crippen LogP contribution in [0.5, 0.6) is 0 Å². The quantitative estimate of drug-likeness (QED) is 0.489. The van der Waals surface area contributed by atoms with Crippen LogP contribution in [-0.4, -0.2) is 15.7 Å². The van der Waals surface area contributed by atoms with Crippen LogP contribution in [0, 0.1) is 0 Å². The minimum atomic E-state index is 0.837. The summed E-state index contributed by atoms with van der Waals surface area (Å²) in [6.45, 7) is 2.15. The Labute approximate surface area is 107 Å². The second-order valence-corrected chi connectivity index (χ2v) is 5.53. The zero-order valence-electron chi connectivity index (χ0n) is 10.3. The maximum atomic E-state index is 5.58. The van der Waals surface area contributed by atoms with E-state index >= 15 is 0 Å². The standard InChI is InChI=1S/C12H20N4S/c1-2-17-8-11-14-10-7-5-3-4-6-9(10)12(15-11)16-13/h2-8,13H2,1H3,(H,14,15,16). The Balaban J connectivity index is 2.29. The number of thioether (sulfide) groups is 1. The molecule has 0 unspecified atom stereocenters. The molecule has 1 heterocycles. The van der Waals surface area contributed by atoms with Gasteiger partial charge in [0, 0.05) is 11.3 Å². The van der Waals surface area contributed by atoms with E-state index in [1.54, 1.807) is 0 Å². The van der Waals surface area contributed by atoms with E-state index in [2.05, 4.69) is 17.3 Å². The van der Waals surface area contributed by atoms with Gasteiger partial charge >= 0.3 is 0 Å². The molecule has 3 N–H and O–H groups in total. The molecular formula is C12H20N4S. The number of hydrogen-bond donors (Lipinski definition) is 2. The molecule has 0 aliphatic heterocycles. The molecule has 0 spiro atoms. The van der Waals surface area contributed by atoms with Crippen molar-refractivity contribution in [3.05, 3.63) is 17.1 Å². The molecule has 0 radical (unpaired) electrons. The molecule has 1 aliphatic rings. The van der Waals surface area contributed by atoms with Crippen LogP contribution in [0.1, 0.15) is 43.3 Å². The normalized spacial score (nSPS) is 15.2. The molecule has 1 aromatic rings. The molecule has 0 saturated carbocycles. The van der Waals surface area contributed by atoms with E-state index in [0.717, 1.165) is 36.0 Å². The van der Waals surface area contributed by atoms with Crippen LogP contribution in [0.15, 0.2) is 0 Å². The molecule has 1 aromatic heterocycles. The van der Waals surface area contributed by atoms with Crippen molar-refractivity contribution in [3.8, 4) is 0 Å². The molecular weight excluding hydrogens is 232 g/mol. The first-order valence-corrected chi connectivity index (χ1v) is 7.43. The van der Waals surface area contributed by atoms with Gasteiger partial charge in [0.2, 0.25) is 0 Å². The highest BCUT2D eigenvalue weighted by Gasteiger charge is 2.15. The predicted molar refractivity (Wildman–Crippen MR) is 72.9 cm³/mol. The second-order valence-electron chi connectivity index (χ2n) is 4.26. The minimum Gasteiger partial charge on any atom is -0.308 e. The molecule has 0 atom stereocenters. The molecule has 94 valence electrons. The molecule has 0 bridgehead atoms. The van der Waals surface area contributed by atoms with Gasteiger partial charge in [-0.1, -0.05) is 13.3 Å². The summed E-state index contributed by atoms with van der Waals surface area (Å²) in [5, 5.41) is 0. The highest BCUT2D eigenvalue weighted by atomic mass is 32.2. The fourth-order valence-corrected chi connectivity index (χ4v) is 2.72. The van der Waals surface area contributed by atoms with Gasteiger partial charge in [-0.05, 0) is 31.4 Å². The fourth-order valence-electron chi connectivity index (χ4n) is 2.20. The number of aryl methyl sites for hydroxylation is 1. The van der Waals surface area contributed by atoms with Crippen molar-refractivity contribution in [2.24, 2.45) is 5.84 Å². The number of nitrogens with zero attached hydrogens (tertiary/aromatic N) is 2. The average Bonchev–Trinajstić information content (AvgIpc) is 2.60. The van der Waals surface area contributed by atoms with Crippen LogP contribution >= 0.6 is 11.8 Å². The number of nitrogens with two attached hydrogens (primary N) is 1. The highest BCUT2D eigenvalue weighted by Crippen LogP contribution is 2.25. The lowest BCUT2D eigenvalue weighted by molar-refractivity contribution is 0.708. The molecule has 0 saturated heterocycles. The summed E-state index contributed by atoms with van der Waals surface area (Å²) >= 11 is 1.84. The number of rotatable bonds is 4. The van der Waals surface area contributed by atoms with E-state index < -0.39 is 0 Å². The number of hydrazine groups is 1. The van der Waals surface area contributed by atoms with Crippen molar-refractivity contribution in [3.63, 3.8) is 0 Å². The topological polar surface area (TPSA) is 63.8 Å². The smallest absolute Gasteiger partial charge is 0.147 e. The van der Waals surface area contributed by atoms with E-state index in [4.69, 9.17) is 10.8 Å². The highest BCUT2D eigenvalue weighted by molar-refractivity contribution is 7.98. The summed E-state index contributed by atoms with van der Waals surface area (Å²) in [5.74, 6) is 9.28. The summed E-state index contributed by atoms with van der Waals surface area (Å²) in [4.78, 5) is 9.21.